The molecule has 1 N–H and O–H groups in total. The van der Waals surface area contributed by atoms with Crippen LogP contribution in [0.25, 0.3) is 0 Å². The third-order valence-electron chi connectivity index (χ3n) is 2.69. The van der Waals surface area contributed by atoms with Crippen molar-refractivity contribution in [1.29, 1.82) is 0 Å². The highest BCUT2D eigenvalue weighted by molar-refractivity contribution is 9.10. The molecule has 0 radical (unpaired) electrons. The van der Waals surface area contributed by atoms with Crippen molar-refractivity contribution in [3.05, 3.63) is 34.3 Å². The zero-order chi connectivity index (χ0) is 10.8. The van der Waals surface area contributed by atoms with E-state index < -0.39 is 5.60 Å². The Bertz CT molecular complexity index is 305. The van der Waals surface area contributed by atoms with Gasteiger partial charge in [-0.15, -0.1) is 0 Å². The molecule has 0 fully saturated rings. The van der Waals surface area contributed by atoms with Gasteiger partial charge in [-0.3, -0.25) is 0 Å². The van der Waals surface area contributed by atoms with Gasteiger partial charge >= 0.3 is 0 Å². The van der Waals surface area contributed by atoms with Crippen LogP contribution in [-0.2, 0) is 6.42 Å². The van der Waals surface area contributed by atoms with Gasteiger partial charge in [0.1, 0.15) is 0 Å². The first kappa shape index (κ1) is 11.7. The zero-order valence-electron chi connectivity index (χ0n) is 8.92. The summed E-state index contributed by atoms with van der Waals surface area (Å²) in [7, 11) is 0. The second kappa shape index (κ2) is 4.45. The Morgan fingerprint density at radius 2 is 2.07 bits per heavy atom. The normalized spacial score (nSPS) is 15.6. The average molecular weight is 257 g/mol. The molecule has 0 amide bonds. The van der Waals surface area contributed by atoms with Crippen molar-refractivity contribution in [2.24, 2.45) is 5.92 Å². The molecule has 0 aliphatic rings. The van der Waals surface area contributed by atoms with Crippen LogP contribution >= 0.6 is 15.9 Å². The first-order valence-corrected chi connectivity index (χ1v) is 5.68. The van der Waals surface area contributed by atoms with Crippen molar-refractivity contribution in [2.75, 3.05) is 0 Å². The Labute approximate surface area is 94.3 Å². The van der Waals surface area contributed by atoms with E-state index in [0.717, 1.165) is 10.0 Å². The second-order valence-corrected chi connectivity index (χ2v) is 5.23. The van der Waals surface area contributed by atoms with E-state index in [1.807, 2.05) is 39.0 Å². The predicted molar refractivity (Wildman–Crippen MR) is 63.3 cm³/mol. The number of aliphatic hydroxyl groups is 1. The molecular weight excluding hydrogens is 240 g/mol. The molecule has 1 nitrogen and oxygen atoms in total. The van der Waals surface area contributed by atoms with Gasteiger partial charge in [-0.2, -0.15) is 0 Å². The Hall–Kier alpha value is -0.340. The van der Waals surface area contributed by atoms with Crippen molar-refractivity contribution >= 4 is 15.9 Å². The number of halogens is 1. The first-order chi connectivity index (χ1) is 6.42. The van der Waals surface area contributed by atoms with E-state index in [4.69, 9.17) is 0 Å². The van der Waals surface area contributed by atoms with Crippen LogP contribution < -0.4 is 0 Å². The van der Waals surface area contributed by atoms with Crippen molar-refractivity contribution in [1.82, 2.24) is 0 Å². The smallest absolute Gasteiger partial charge is 0.0682 e. The Morgan fingerprint density at radius 1 is 1.43 bits per heavy atom. The lowest BCUT2D eigenvalue weighted by Gasteiger charge is -2.27. The van der Waals surface area contributed by atoms with Crippen LogP contribution in [0.5, 0.6) is 0 Å². The maximum Gasteiger partial charge on any atom is 0.0682 e. The summed E-state index contributed by atoms with van der Waals surface area (Å²) in [4.78, 5) is 0. The molecule has 1 aromatic rings. The molecule has 1 aromatic carbocycles. The van der Waals surface area contributed by atoms with Gasteiger partial charge in [0.05, 0.1) is 5.60 Å². The Kier molecular flexibility index (Phi) is 3.73. The van der Waals surface area contributed by atoms with Crippen molar-refractivity contribution in [3.63, 3.8) is 0 Å². The third-order valence-corrected chi connectivity index (χ3v) is 3.19. The van der Waals surface area contributed by atoms with Crippen LogP contribution in [0.4, 0.5) is 0 Å². The van der Waals surface area contributed by atoms with E-state index >= 15 is 0 Å². The number of rotatable bonds is 3. The zero-order valence-corrected chi connectivity index (χ0v) is 10.5. The van der Waals surface area contributed by atoms with E-state index in [-0.39, 0.29) is 5.92 Å². The molecule has 0 bridgehead atoms. The summed E-state index contributed by atoms with van der Waals surface area (Å²) in [6.07, 6.45) is 0.699. The molecule has 78 valence electrons. The number of benzene rings is 1. The largest absolute Gasteiger partial charge is 0.390 e. The van der Waals surface area contributed by atoms with Crippen molar-refractivity contribution in [3.8, 4) is 0 Å². The third kappa shape index (κ3) is 3.10. The maximum atomic E-state index is 10.1. The van der Waals surface area contributed by atoms with Gasteiger partial charge in [-0.1, -0.05) is 41.9 Å². The van der Waals surface area contributed by atoms with E-state index in [1.165, 1.54) is 0 Å². The van der Waals surface area contributed by atoms with Crippen LogP contribution in [0.15, 0.2) is 28.7 Å². The number of hydrogen-bond acceptors (Lipinski definition) is 1. The highest BCUT2D eigenvalue weighted by atomic mass is 79.9. The quantitative estimate of drug-likeness (QED) is 0.879. The van der Waals surface area contributed by atoms with Crippen molar-refractivity contribution in [2.45, 2.75) is 32.8 Å². The molecular formula is C12H17BrO. The van der Waals surface area contributed by atoms with Gasteiger partial charge in [0.2, 0.25) is 0 Å². The molecule has 0 saturated heterocycles. The van der Waals surface area contributed by atoms with Crippen LogP contribution in [0.2, 0.25) is 0 Å². The molecule has 2 heteroatoms. The fraction of sp³-hybridized carbons (Fsp3) is 0.500. The predicted octanol–water partition coefficient (Wildman–Crippen LogP) is 3.40. The average Bonchev–Trinajstić information content (AvgIpc) is 2.02. The molecule has 0 aliphatic heterocycles. The molecule has 1 atom stereocenters. The second-order valence-electron chi connectivity index (χ2n) is 4.32. The summed E-state index contributed by atoms with van der Waals surface area (Å²) in [6, 6.07) is 8.09. The monoisotopic (exact) mass is 256 g/mol. The maximum absolute atomic E-state index is 10.1. The van der Waals surface area contributed by atoms with Gasteiger partial charge in [0, 0.05) is 10.9 Å². The molecule has 0 aliphatic carbocycles. The van der Waals surface area contributed by atoms with Gasteiger partial charge in [0.15, 0.2) is 0 Å². The summed E-state index contributed by atoms with van der Waals surface area (Å²) in [6.45, 7) is 5.97. The van der Waals surface area contributed by atoms with Crippen LogP contribution in [-0.4, -0.2) is 10.7 Å². The summed E-state index contributed by atoms with van der Waals surface area (Å²) >= 11 is 3.43. The van der Waals surface area contributed by atoms with Gasteiger partial charge in [-0.25, -0.2) is 0 Å². The highest BCUT2D eigenvalue weighted by Gasteiger charge is 2.24. The van der Waals surface area contributed by atoms with Gasteiger partial charge in [-0.05, 0) is 30.5 Å². The molecule has 1 rings (SSSR count). The fourth-order valence-corrected chi connectivity index (χ4v) is 1.71. The topological polar surface area (TPSA) is 20.2 Å². The van der Waals surface area contributed by atoms with Crippen LogP contribution in [0.3, 0.4) is 0 Å². The van der Waals surface area contributed by atoms with Gasteiger partial charge in [0.25, 0.3) is 0 Å². The molecule has 0 aromatic heterocycles. The SMILES string of the molecule is CC(C)C(C)(O)Cc1cccc(Br)c1. The Balaban J connectivity index is 2.78. The summed E-state index contributed by atoms with van der Waals surface area (Å²) < 4.78 is 1.06. The molecule has 0 heterocycles. The lowest BCUT2D eigenvalue weighted by atomic mass is 9.86. The fourth-order valence-electron chi connectivity index (χ4n) is 1.26. The first-order valence-electron chi connectivity index (χ1n) is 4.88. The molecule has 0 saturated carbocycles. The summed E-state index contributed by atoms with van der Waals surface area (Å²) in [5.74, 6) is 0.265. The van der Waals surface area contributed by atoms with Crippen LogP contribution in [0.1, 0.15) is 26.3 Å². The van der Waals surface area contributed by atoms with Crippen LogP contribution in [0, 0.1) is 5.92 Å². The summed E-state index contributed by atoms with van der Waals surface area (Å²) in [5, 5.41) is 10.1. The van der Waals surface area contributed by atoms with E-state index in [0.29, 0.717) is 6.42 Å². The minimum absolute atomic E-state index is 0.265. The minimum Gasteiger partial charge on any atom is -0.390 e. The Morgan fingerprint density at radius 3 is 2.57 bits per heavy atom. The van der Waals surface area contributed by atoms with E-state index in [9.17, 15) is 5.11 Å². The van der Waals surface area contributed by atoms with E-state index in [1.54, 1.807) is 0 Å². The lowest BCUT2D eigenvalue weighted by molar-refractivity contribution is 0.0139. The lowest BCUT2D eigenvalue weighted by Crippen LogP contribution is -2.33. The molecule has 1 unspecified atom stereocenters. The molecule has 0 spiro atoms. The molecule has 14 heavy (non-hydrogen) atoms. The van der Waals surface area contributed by atoms with Gasteiger partial charge < -0.3 is 5.11 Å². The highest BCUT2D eigenvalue weighted by Crippen LogP contribution is 2.23. The van der Waals surface area contributed by atoms with E-state index in [2.05, 4.69) is 22.0 Å². The van der Waals surface area contributed by atoms with Crippen molar-refractivity contribution < 1.29 is 5.11 Å². The minimum atomic E-state index is -0.624. The summed E-state index contributed by atoms with van der Waals surface area (Å²) in [5.41, 5.74) is 0.541. The number of hydrogen-bond donors (Lipinski definition) is 1. The standard InChI is InChI=1S/C12H17BrO/c1-9(2)12(3,14)8-10-5-4-6-11(13)7-10/h4-7,9,14H,8H2,1-3H3.